The molecule has 0 radical (unpaired) electrons. The predicted molar refractivity (Wildman–Crippen MR) is 87.6 cm³/mol. The average Bonchev–Trinajstić information content (AvgIpc) is 2.83. The molecule has 1 N–H and O–H groups in total. The number of sulfone groups is 1. The van der Waals surface area contributed by atoms with Crippen molar-refractivity contribution in [2.24, 2.45) is 0 Å². The summed E-state index contributed by atoms with van der Waals surface area (Å²) in [6, 6.07) is 10.8. The Kier molecular flexibility index (Phi) is 4.06. The highest BCUT2D eigenvalue weighted by molar-refractivity contribution is 7.91. The van der Waals surface area contributed by atoms with Gasteiger partial charge < -0.3 is 5.32 Å². The summed E-state index contributed by atoms with van der Waals surface area (Å²) >= 11 is 0. The van der Waals surface area contributed by atoms with Crippen LogP contribution in [-0.2, 0) is 27.5 Å². The molecule has 0 unspecified atom stereocenters. The van der Waals surface area contributed by atoms with Crippen molar-refractivity contribution in [3.8, 4) is 0 Å². The molecule has 1 amide bonds. The number of rotatable bonds is 4. The Hall–Kier alpha value is -2.74. The quantitative estimate of drug-likeness (QED) is 0.674. The first-order valence-electron chi connectivity index (χ1n) is 7.25. The minimum atomic E-state index is -3.28. The highest BCUT2D eigenvalue weighted by atomic mass is 32.2. The van der Waals surface area contributed by atoms with Crippen LogP contribution in [-0.4, -0.2) is 25.0 Å². The van der Waals surface area contributed by atoms with E-state index in [-0.39, 0.29) is 22.8 Å². The van der Waals surface area contributed by atoms with E-state index in [4.69, 9.17) is 0 Å². The second-order valence-corrected chi connectivity index (χ2v) is 7.58. The average molecular weight is 346 g/mol. The number of hydrogen-bond donors (Lipinski definition) is 1. The molecule has 2 aromatic carbocycles. The zero-order chi connectivity index (χ0) is 17.3. The van der Waals surface area contributed by atoms with Crippen LogP contribution in [0.5, 0.6) is 0 Å². The minimum absolute atomic E-state index is 0.0793. The molecular weight excluding hydrogens is 332 g/mol. The van der Waals surface area contributed by atoms with E-state index in [9.17, 15) is 23.3 Å². The Morgan fingerprint density at radius 2 is 1.96 bits per heavy atom. The zero-order valence-electron chi connectivity index (χ0n) is 12.6. The van der Waals surface area contributed by atoms with E-state index < -0.39 is 20.7 Å². The molecule has 0 aromatic heterocycles. The number of amides is 1. The number of para-hydroxylation sites is 1. The molecule has 0 bridgehead atoms. The summed E-state index contributed by atoms with van der Waals surface area (Å²) in [5.41, 5.74) is 1.28. The number of carbonyl (C=O) groups is 1. The third-order valence-corrected chi connectivity index (χ3v) is 5.66. The van der Waals surface area contributed by atoms with Crippen LogP contribution in [0.25, 0.3) is 0 Å². The van der Waals surface area contributed by atoms with E-state index in [1.54, 1.807) is 18.2 Å². The van der Waals surface area contributed by atoms with Crippen molar-refractivity contribution < 1.29 is 18.1 Å². The molecule has 2 aromatic rings. The van der Waals surface area contributed by atoms with Gasteiger partial charge in [0.15, 0.2) is 9.84 Å². The van der Waals surface area contributed by atoms with Gasteiger partial charge in [-0.25, -0.2) is 8.42 Å². The number of aryl methyl sites for hydroxylation is 1. The normalized spacial score (nSPS) is 14.8. The predicted octanol–water partition coefficient (Wildman–Crippen LogP) is 2.11. The second-order valence-electron chi connectivity index (χ2n) is 5.50. The summed E-state index contributed by atoms with van der Waals surface area (Å²) in [5, 5.41) is 13.6. The van der Waals surface area contributed by atoms with Crippen LogP contribution in [0.3, 0.4) is 0 Å². The molecule has 1 aliphatic rings. The smallest absolute Gasteiger partial charge is 0.273 e. The highest BCUT2D eigenvalue weighted by Gasteiger charge is 2.26. The molecule has 1 aliphatic heterocycles. The maximum atomic E-state index is 12.1. The topological polar surface area (TPSA) is 106 Å². The van der Waals surface area contributed by atoms with Gasteiger partial charge in [-0.15, -0.1) is 0 Å². The fraction of sp³-hybridized carbons (Fsp3) is 0.188. The van der Waals surface area contributed by atoms with Crippen molar-refractivity contribution in [1.29, 1.82) is 0 Å². The first-order chi connectivity index (χ1) is 11.4. The molecule has 3 rings (SSSR count). The summed E-state index contributed by atoms with van der Waals surface area (Å²) in [4.78, 5) is 22.8. The maximum absolute atomic E-state index is 12.1. The first-order valence-corrected chi connectivity index (χ1v) is 8.90. The second kappa shape index (κ2) is 6.04. The summed E-state index contributed by atoms with van der Waals surface area (Å²) in [6.07, 6.45) is 0.309. The SMILES string of the molecule is O=C(Cc1ccccc1[N+](=O)[O-])Nc1ccc2c(c1)S(=O)(=O)CC2. The van der Waals surface area contributed by atoms with Gasteiger partial charge in [0.2, 0.25) is 5.91 Å². The lowest BCUT2D eigenvalue weighted by molar-refractivity contribution is -0.385. The van der Waals surface area contributed by atoms with Crippen LogP contribution in [0, 0.1) is 10.1 Å². The molecule has 0 fully saturated rings. The van der Waals surface area contributed by atoms with Crippen molar-refractivity contribution in [2.45, 2.75) is 17.7 Å². The summed E-state index contributed by atoms with van der Waals surface area (Å²) in [5.74, 6) is -0.365. The van der Waals surface area contributed by atoms with Gasteiger partial charge in [-0.1, -0.05) is 24.3 Å². The third-order valence-electron chi connectivity index (χ3n) is 3.87. The van der Waals surface area contributed by atoms with Gasteiger partial charge in [0.25, 0.3) is 5.69 Å². The van der Waals surface area contributed by atoms with Gasteiger partial charge in [0.1, 0.15) is 0 Å². The van der Waals surface area contributed by atoms with Gasteiger partial charge in [-0.05, 0) is 24.1 Å². The van der Waals surface area contributed by atoms with Crippen LogP contribution >= 0.6 is 0 Å². The Labute approximate surface area is 138 Å². The Bertz CT molecular complexity index is 937. The zero-order valence-corrected chi connectivity index (χ0v) is 13.4. The lowest BCUT2D eigenvalue weighted by Gasteiger charge is -2.07. The number of fused-ring (bicyclic) bond motifs is 1. The fourth-order valence-corrected chi connectivity index (χ4v) is 4.28. The highest BCUT2D eigenvalue weighted by Crippen LogP contribution is 2.28. The Morgan fingerprint density at radius 1 is 1.21 bits per heavy atom. The number of hydrogen-bond acceptors (Lipinski definition) is 5. The molecule has 7 nitrogen and oxygen atoms in total. The van der Waals surface area contributed by atoms with E-state index in [0.29, 0.717) is 17.7 Å². The van der Waals surface area contributed by atoms with Crippen molar-refractivity contribution in [3.05, 3.63) is 63.7 Å². The third kappa shape index (κ3) is 3.13. The standard InChI is InChI=1S/C16H14N2O5S/c19-16(9-12-3-1-2-4-14(12)18(20)21)17-13-6-5-11-7-8-24(22,23)15(11)10-13/h1-6,10H,7-9H2,(H,17,19). The fourth-order valence-electron chi connectivity index (χ4n) is 2.70. The van der Waals surface area contributed by atoms with Crippen molar-refractivity contribution in [2.75, 3.05) is 11.1 Å². The largest absolute Gasteiger partial charge is 0.326 e. The summed E-state index contributed by atoms with van der Waals surface area (Å²) in [7, 11) is -3.28. The molecule has 0 saturated carbocycles. The minimum Gasteiger partial charge on any atom is -0.326 e. The molecule has 0 atom stereocenters. The number of nitro benzene ring substituents is 1. The van der Waals surface area contributed by atoms with E-state index in [2.05, 4.69) is 5.32 Å². The number of anilines is 1. The van der Waals surface area contributed by atoms with Gasteiger partial charge in [0, 0.05) is 17.3 Å². The lowest BCUT2D eigenvalue weighted by atomic mass is 10.1. The molecule has 1 heterocycles. The molecule has 124 valence electrons. The number of nitrogens with one attached hydrogen (secondary N) is 1. The number of benzene rings is 2. The van der Waals surface area contributed by atoms with Crippen LogP contribution in [0.15, 0.2) is 47.4 Å². The van der Waals surface area contributed by atoms with Gasteiger partial charge >= 0.3 is 0 Å². The maximum Gasteiger partial charge on any atom is 0.273 e. The van der Waals surface area contributed by atoms with Crippen LogP contribution in [0.4, 0.5) is 11.4 Å². The molecule has 24 heavy (non-hydrogen) atoms. The van der Waals surface area contributed by atoms with Gasteiger partial charge in [0.05, 0.1) is 22.0 Å². The molecule has 0 spiro atoms. The first kappa shape index (κ1) is 16.1. The van der Waals surface area contributed by atoms with Crippen molar-refractivity contribution >= 4 is 27.1 Å². The van der Waals surface area contributed by atoms with Crippen molar-refractivity contribution in [3.63, 3.8) is 0 Å². The van der Waals surface area contributed by atoms with Crippen LogP contribution < -0.4 is 5.32 Å². The number of nitro groups is 1. The number of carbonyl (C=O) groups excluding carboxylic acids is 1. The van der Waals surface area contributed by atoms with Crippen LogP contribution in [0.2, 0.25) is 0 Å². The Morgan fingerprint density at radius 3 is 2.71 bits per heavy atom. The summed E-state index contributed by atoms with van der Waals surface area (Å²) < 4.78 is 23.8. The van der Waals surface area contributed by atoms with E-state index in [1.807, 2.05) is 0 Å². The van der Waals surface area contributed by atoms with Gasteiger partial charge in [-0.3, -0.25) is 14.9 Å². The van der Waals surface area contributed by atoms with Crippen molar-refractivity contribution in [1.82, 2.24) is 0 Å². The Balaban J connectivity index is 1.79. The van der Waals surface area contributed by atoms with E-state index in [1.165, 1.54) is 24.3 Å². The van der Waals surface area contributed by atoms with E-state index >= 15 is 0 Å². The summed E-state index contributed by atoms with van der Waals surface area (Å²) in [6.45, 7) is 0. The number of nitrogens with zero attached hydrogens (tertiary/aromatic N) is 1. The molecule has 0 saturated heterocycles. The monoisotopic (exact) mass is 346 g/mol. The molecule has 8 heteroatoms. The molecule has 0 aliphatic carbocycles. The lowest BCUT2D eigenvalue weighted by Crippen LogP contribution is -2.15. The molecular formula is C16H14N2O5S. The van der Waals surface area contributed by atoms with E-state index in [0.717, 1.165) is 5.56 Å². The van der Waals surface area contributed by atoms with Gasteiger partial charge in [-0.2, -0.15) is 0 Å². The van der Waals surface area contributed by atoms with Crippen LogP contribution in [0.1, 0.15) is 11.1 Å².